The van der Waals surface area contributed by atoms with Crippen LogP contribution in [0.5, 0.6) is 0 Å². The summed E-state index contributed by atoms with van der Waals surface area (Å²) < 4.78 is 25.7. The second-order valence-electron chi connectivity index (χ2n) is 9.42. The van der Waals surface area contributed by atoms with E-state index in [-0.39, 0.29) is 29.8 Å². The van der Waals surface area contributed by atoms with Gasteiger partial charge in [-0.2, -0.15) is 0 Å². The highest BCUT2D eigenvalue weighted by atomic mass is 19.1. The first-order valence-electron chi connectivity index (χ1n) is 11.5. The molecule has 1 saturated heterocycles. The van der Waals surface area contributed by atoms with Crippen LogP contribution in [0.15, 0.2) is 24.0 Å². The van der Waals surface area contributed by atoms with Gasteiger partial charge in [-0.1, -0.05) is 45.3 Å². The molecule has 3 aliphatic rings. The van der Waals surface area contributed by atoms with E-state index in [0.717, 1.165) is 25.7 Å². The minimum atomic E-state index is -1.27. The van der Waals surface area contributed by atoms with Gasteiger partial charge >= 0.3 is 5.97 Å². The van der Waals surface area contributed by atoms with Crippen LogP contribution in [-0.2, 0) is 14.3 Å². The molecule has 170 valence electrons. The summed E-state index contributed by atoms with van der Waals surface area (Å²) in [6.07, 6.45) is 8.28. The topological polar surface area (TPSA) is 76.0 Å². The Morgan fingerprint density at radius 2 is 2.17 bits per heavy atom. The first-order valence-corrected chi connectivity index (χ1v) is 11.5. The zero-order valence-corrected chi connectivity index (χ0v) is 18.4. The Bertz CT molecular complexity index is 648. The second-order valence-corrected chi connectivity index (χ2v) is 9.42. The molecular weight excluding hydrogens is 387 g/mol. The van der Waals surface area contributed by atoms with Crippen molar-refractivity contribution in [3.8, 4) is 0 Å². The van der Waals surface area contributed by atoms with E-state index in [4.69, 9.17) is 9.47 Å². The molecule has 0 radical (unpaired) electrons. The normalized spacial score (nSPS) is 38.5. The molecule has 2 unspecified atom stereocenters. The Kier molecular flexibility index (Phi) is 7.97. The van der Waals surface area contributed by atoms with Crippen LogP contribution in [0, 0.1) is 29.6 Å². The molecule has 3 rings (SSSR count). The van der Waals surface area contributed by atoms with E-state index in [9.17, 15) is 15.0 Å². The number of hydrogen-bond donors (Lipinski definition) is 2. The van der Waals surface area contributed by atoms with Crippen molar-refractivity contribution in [1.29, 1.82) is 0 Å². The number of alkyl halides is 1. The molecule has 0 spiro atoms. The summed E-state index contributed by atoms with van der Waals surface area (Å²) in [6, 6.07) is 0. The van der Waals surface area contributed by atoms with Crippen molar-refractivity contribution in [2.75, 3.05) is 7.11 Å². The Balaban J connectivity index is 1.54. The predicted molar refractivity (Wildman–Crippen MR) is 112 cm³/mol. The van der Waals surface area contributed by atoms with Crippen LogP contribution in [0.2, 0.25) is 0 Å². The maximum absolute atomic E-state index is 15.1. The number of hydrogen-bond acceptors (Lipinski definition) is 5. The molecule has 0 bridgehead atoms. The molecule has 2 N–H and O–H groups in total. The molecule has 9 atom stereocenters. The third kappa shape index (κ3) is 5.44. The van der Waals surface area contributed by atoms with Crippen molar-refractivity contribution in [2.24, 2.45) is 29.6 Å². The Labute approximate surface area is 179 Å². The molecule has 0 aromatic rings. The highest BCUT2D eigenvalue weighted by Gasteiger charge is 2.53. The van der Waals surface area contributed by atoms with E-state index in [1.807, 2.05) is 0 Å². The number of halogens is 1. The summed E-state index contributed by atoms with van der Waals surface area (Å²) in [5.74, 6) is -0.102. The fraction of sp³-hybridized carbons (Fsp3) is 0.792. The Hall–Kier alpha value is -1.40. The lowest BCUT2D eigenvalue weighted by molar-refractivity contribution is -0.142. The summed E-state index contributed by atoms with van der Waals surface area (Å²) in [5, 5.41) is 20.7. The average Bonchev–Trinajstić information content (AvgIpc) is 3.34. The Morgan fingerprint density at radius 1 is 1.40 bits per heavy atom. The number of aliphatic hydroxyl groups excluding tert-OH is 2. The van der Waals surface area contributed by atoms with Crippen molar-refractivity contribution in [3.05, 3.63) is 24.0 Å². The highest BCUT2D eigenvalue weighted by molar-refractivity contribution is 5.75. The first kappa shape index (κ1) is 23.3. The van der Waals surface area contributed by atoms with Crippen LogP contribution >= 0.6 is 0 Å². The maximum Gasteiger partial charge on any atom is 0.308 e. The lowest BCUT2D eigenvalue weighted by Gasteiger charge is -2.19. The number of ether oxygens (including phenoxy) is 2. The van der Waals surface area contributed by atoms with Gasteiger partial charge in [-0.3, -0.25) is 4.79 Å². The van der Waals surface area contributed by atoms with Gasteiger partial charge in [0.2, 0.25) is 0 Å². The summed E-state index contributed by atoms with van der Waals surface area (Å²) in [6.45, 7) is 4.29. The zero-order valence-electron chi connectivity index (χ0n) is 18.4. The number of aliphatic hydroxyl groups is 2. The number of unbranched alkanes of at least 4 members (excludes halogenated alkanes) is 1. The molecule has 2 aliphatic carbocycles. The average molecular weight is 425 g/mol. The second kappa shape index (κ2) is 10.3. The molecule has 0 aromatic heterocycles. The molecule has 30 heavy (non-hydrogen) atoms. The molecule has 5 nitrogen and oxygen atoms in total. The van der Waals surface area contributed by atoms with Crippen molar-refractivity contribution in [3.63, 3.8) is 0 Å². The maximum atomic E-state index is 15.1. The minimum Gasteiger partial charge on any atom is -0.491 e. The molecular formula is C24H37FO5. The molecule has 6 heteroatoms. The van der Waals surface area contributed by atoms with E-state index in [1.165, 1.54) is 7.11 Å². The number of methoxy groups -OCH3 is 1. The SMILES string of the molecule is CCCC[C@H](C)C[C@H](O)/C=C/[C@@H]1[C@@H]2[C@H](C[C@H]1O)O/C(=C\CC1CC1C(=O)OC)[C@@H]2F. The van der Waals surface area contributed by atoms with Crippen LogP contribution in [0.25, 0.3) is 0 Å². The summed E-state index contributed by atoms with van der Waals surface area (Å²) in [7, 11) is 1.39. The van der Waals surface area contributed by atoms with Crippen LogP contribution in [0.1, 0.15) is 58.8 Å². The number of rotatable bonds is 10. The van der Waals surface area contributed by atoms with Gasteiger partial charge in [-0.15, -0.1) is 0 Å². The van der Waals surface area contributed by atoms with E-state index in [2.05, 4.69) is 13.8 Å². The highest BCUT2D eigenvalue weighted by Crippen LogP contribution is 2.48. The molecule has 2 saturated carbocycles. The number of carbonyl (C=O) groups is 1. The van der Waals surface area contributed by atoms with Gasteiger partial charge in [0, 0.05) is 18.3 Å². The number of fused-ring (bicyclic) bond motifs is 1. The van der Waals surface area contributed by atoms with Crippen LogP contribution in [0.4, 0.5) is 4.39 Å². The van der Waals surface area contributed by atoms with Gasteiger partial charge in [0.15, 0.2) is 6.17 Å². The quantitative estimate of drug-likeness (QED) is 0.410. The van der Waals surface area contributed by atoms with E-state index in [1.54, 1.807) is 18.2 Å². The summed E-state index contributed by atoms with van der Waals surface area (Å²) >= 11 is 0. The fourth-order valence-corrected chi connectivity index (χ4v) is 5.05. The predicted octanol–water partition coefficient (Wildman–Crippen LogP) is 3.94. The van der Waals surface area contributed by atoms with Crippen molar-refractivity contribution >= 4 is 5.97 Å². The largest absolute Gasteiger partial charge is 0.491 e. The standard InChI is InChI=1S/C24H37FO5/c1-4-5-6-14(2)11-16(26)8-9-17-19(27)13-21-22(17)23(25)20(30-21)10-7-15-12-18(15)24(28)29-3/h8-10,14-19,21-23,26-27H,4-7,11-13H2,1-3H3/b9-8+,20-10-/t14-,15?,16+,17-,18?,19+,21-,22+,23-/m0/s1. The molecule has 0 amide bonds. The summed E-state index contributed by atoms with van der Waals surface area (Å²) in [5.41, 5.74) is 0. The third-order valence-electron chi connectivity index (χ3n) is 6.99. The molecule has 1 heterocycles. The Morgan fingerprint density at radius 3 is 2.87 bits per heavy atom. The monoisotopic (exact) mass is 424 g/mol. The van der Waals surface area contributed by atoms with Gasteiger partial charge in [0.1, 0.15) is 11.9 Å². The van der Waals surface area contributed by atoms with E-state index >= 15 is 4.39 Å². The molecule has 1 aliphatic heterocycles. The minimum absolute atomic E-state index is 0.0791. The van der Waals surface area contributed by atoms with Crippen molar-refractivity contribution < 1.29 is 28.9 Å². The lowest BCUT2D eigenvalue weighted by atomic mass is 9.88. The zero-order chi connectivity index (χ0) is 21.8. The lowest BCUT2D eigenvalue weighted by Crippen LogP contribution is -2.25. The molecule has 0 aromatic carbocycles. The summed E-state index contributed by atoms with van der Waals surface area (Å²) in [4.78, 5) is 11.5. The third-order valence-corrected chi connectivity index (χ3v) is 6.99. The van der Waals surface area contributed by atoms with Crippen LogP contribution in [-0.4, -0.2) is 47.8 Å². The van der Waals surface area contributed by atoms with Gasteiger partial charge in [-0.25, -0.2) is 4.39 Å². The van der Waals surface area contributed by atoms with Crippen molar-refractivity contribution in [1.82, 2.24) is 0 Å². The van der Waals surface area contributed by atoms with Gasteiger partial charge in [-0.05, 0) is 37.2 Å². The molecule has 3 fully saturated rings. The van der Waals surface area contributed by atoms with Crippen LogP contribution < -0.4 is 0 Å². The van der Waals surface area contributed by atoms with Crippen LogP contribution in [0.3, 0.4) is 0 Å². The smallest absolute Gasteiger partial charge is 0.308 e. The van der Waals surface area contributed by atoms with E-state index in [0.29, 0.717) is 30.9 Å². The number of allylic oxidation sites excluding steroid dienone is 2. The van der Waals surface area contributed by atoms with Gasteiger partial charge < -0.3 is 19.7 Å². The van der Waals surface area contributed by atoms with E-state index < -0.39 is 24.3 Å². The first-order chi connectivity index (χ1) is 14.3. The van der Waals surface area contributed by atoms with Gasteiger partial charge in [0.25, 0.3) is 0 Å². The number of carbonyl (C=O) groups excluding carboxylic acids is 1. The fourth-order valence-electron chi connectivity index (χ4n) is 5.05. The number of esters is 1. The van der Waals surface area contributed by atoms with Crippen molar-refractivity contribution in [2.45, 2.75) is 83.3 Å². The van der Waals surface area contributed by atoms with Gasteiger partial charge in [0.05, 0.1) is 25.2 Å².